The Morgan fingerprint density at radius 2 is 1.28 bits per heavy atom. The standard InChI is InChI=1S/C32H44N4O3/c1-32(2,3)39-31(38)34-18-16-33(17-19-34)30(37)24-36-27-14-15-28(36)21-29(20-27)35(22-25-10-6-4-7-11-25)23-26-12-8-5-9-13-26/h4-13,27-29H,14-24H2,1-3H3. The van der Waals surface area contributed by atoms with Crippen molar-refractivity contribution in [2.75, 3.05) is 32.7 Å². The first-order chi connectivity index (χ1) is 18.7. The average molecular weight is 533 g/mol. The zero-order valence-electron chi connectivity index (χ0n) is 23.8. The molecule has 2 aromatic rings. The number of piperazine rings is 1. The topological polar surface area (TPSA) is 56.3 Å². The van der Waals surface area contributed by atoms with Crippen LogP contribution < -0.4 is 0 Å². The Kier molecular flexibility index (Phi) is 8.57. The molecule has 0 N–H and O–H groups in total. The summed E-state index contributed by atoms with van der Waals surface area (Å²) in [6, 6.07) is 23.0. The molecule has 3 aliphatic heterocycles. The van der Waals surface area contributed by atoms with E-state index in [-0.39, 0.29) is 12.0 Å². The van der Waals surface area contributed by atoms with Gasteiger partial charge >= 0.3 is 6.09 Å². The Labute approximate surface area is 233 Å². The highest BCUT2D eigenvalue weighted by Gasteiger charge is 2.43. The first-order valence-electron chi connectivity index (χ1n) is 14.6. The molecule has 2 bridgehead atoms. The number of hydrogen-bond acceptors (Lipinski definition) is 5. The van der Waals surface area contributed by atoms with Crippen molar-refractivity contribution in [3.05, 3.63) is 71.8 Å². The summed E-state index contributed by atoms with van der Waals surface area (Å²) in [5.74, 6) is 0.194. The number of amides is 2. The lowest BCUT2D eigenvalue weighted by Gasteiger charge is -2.44. The van der Waals surface area contributed by atoms with Gasteiger partial charge in [0.25, 0.3) is 0 Å². The van der Waals surface area contributed by atoms with E-state index < -0.39 is 5.60 Å². The lowest BCUT2D eigenvalue weighted by Crippen LogP contribution is -2.56. The lowest BCUT2D eigenvalue weighted by molar-refractivity contribution is -0.135. The maximum Gasteiger partial charge on any atom is 0.410 e. The minimum absolute atomic E-state index is 0.194. The summed E-state index contributed by atoms with van der Waals surface area (Å²) < 4.78 is 5.51. The fourth-order valence-corrected chi connectivity index (χ4v) is 6.47. The van der Waals surface area contributed by atoms with Gasteiger partial charge in [0.15, 0.2) is 0 Å². The van der Waals surface area contributed by atoms with Crippen molar-refractivity contribution in [3.8, 4) is 0 Å². The number of carbonyl (C=O) groups excluding carboxylic acids is 2. The predicted octanol–water partition coefficient (Wildman–Crippen LogP) is 4.76. The van der Waals surface area contributed by atoms with E-state index in [0.717, 1.165) is 25.9 Å². The third kappa shape index (κ3) is 7.20. The van der Waals surface area contributed by atoms with Crippen molar-refractivity contribution in [1.29, 1.82) is 0 Å². The van der Waals surface area contributed by atoms with Crippen LogP contribution >= 0.6 is 0 Å². The molecule has 7 heteroatoms. The highest BCUT2D eigenvalue weighted by atomic mass is 16.6. The number of nitrogens with zero attached hydrogens (tertiary/aromatic N) is 4. The molecule has 3 saturated heterocycles. The summed E-state index contributed by atoms with van der Waals surface area (Å²) in [7, 11) is 0. The fourth-order valence-electron chi connectivity index (χ4n) is 6.47. The van der Waals surface area contributed by atoms with Crippen LogP contribution in [0.2, 0.25) is 0 Å². The van der Waals surface area contributed by atoms with Gasteiger partial charge in [0.05, 0.1) is 6.54 Å². The first-order valence-corrected chi connectivity index (χ1v) is 14.6. The van der Waals surface area contributed by atoms with Crippen LogP contribution in [0.15, 0.2) is 60.7 Å². The van der Waals surface area contributed by atoms with E-state index in [9.17, 15) is 9.59 Å². The van der Waals surface area contributed by atoms with Crippen molar-refractivity contribution >= 4 is 12.0 Å². The van der Waals surface area contributed by atoms with Crippen molar-refractivity contribution in [1.82, 2.24) is 19.6 Å². The maximum atomic E-state index is 13.3. The van der Waals surface area contributed by atoms with Crippen LogP contribution in [0.25, 0.3) is 0 Å². The normalized spacial score (nSPS) is 23.7. The number of benzene rings is 2. The third-order valence-corrected chi connectivity index (χ3v) is 8.43. The highest BCUT2D eigenvalue weighted by molar-refractivity contribution is 5.79. The molecule has 5 rings (SSSR count). The fraction of sp³-hybridized carbons (Fsp3) is 0.562. The Bertz CT molecular complexity index is 1040. The van der Waals surface area contributed by atoms with Gasteiger partial charge in [-0.3, -0.25) is 14.6 Å². The number of piperidine rings is 1. The van der Waals surface area contributed by atoms with Crippen LogP contribution in [0.3, 0.4) is 0 Å². The van der Waals surface area contributed by atoms with Gasteiger partial charge in [-0.05, 0) is 57.6 Å². The molecule has 3 heterocycles. The van der Waals surface area contributed by atoms with Gasteiger partial charge in [0, 0.05) is 57.4 Å². The van der Waals surface area contributed by atoms with Crippen LogP contribution in [-0.4, -0.2) is 88.1 Å². The second-order valence-corrected chi connectivity index (χ2v) is 12.4. The second-order valence-electron chi connectivity index (χ2n) is 12.4. The van der Waals surface area contributed by atoms with E-state index in [1.165, 1.54) is 24.0 Å². The molecule has 3 fully saturated rings. The molecule has 2 amide bonds. The summed E-state index contributed by atoms with van der Waals surface area (Å²) in [4.78, 5) is 34.5. The lowest BCUT2D eigenvalue weighted by atomic mass is 9.94. The minimum Gasteiger partial charge on any atom is -0.444 e. The number of ether oxygens (including phenoxy) is 1. The average Bonchev–Trinajstić information content (AvgIpc) is 3.14. The summed E-state index contributed by atoms with van der Waals surface area (Å²) in [5.41, 5.74) is 2.19. The van der Waals surface area contributed by atoms with Crippen LogP contribution in [0.4, 0.5) is 4.79 Å². The maximum absolute atomic E-state index is 13.3. The number of carbonyl (C=O) groups is 2. The summed E-state index contributed by atoms with van der Waals surface area (Å²) in [6.07, 6.45) is 4.27. The van der Waals surface area contributed by atoms with E-state index in [1.54, 1.807) is 4.90 Å². The van der Waals surface area contributed by atoms with Crippen LogP contribution in [0.5, 0.6) is 0 Å². The van der Waals surface area contributed by atoms with Crippen LogP contribution in [0, 0.1) is 0 Å². The van der Waals surface area contributed by atoms with Gasteiger partial charge in [-0.1, -0.05) is 60.7 Å². The smallest absolute Gasteiger partial charge is 0.410 e. The Morgan fingerprint density at radius 3 is 1.77 bits per heavy atom. The largest absolute Gasteiger partial charge is 0.444 e. The molecule has 2 atom stereocenters. The summed E-state index contributed by atoms with van der Waals surface area (Å²) in [6.45, 7) is 10.2. The monoisotopic (exact) mass is 532 g/mol. The van der Waals surface area contributed by atoms with Gasteiger partial charge in [0.2, 0.25) is 5.91 Å². The first kappa shape index (κ1) is 27.7. The van der Waals surface area contributed by atoms with E-state index in [4.69, 9.17) is 4.74 Å². The number of hydrogen-bond donors (Lipinski definition) is 0. The van der Waals surface area contributed by atoms with E-state index in [0.29, 0.717) is 50.8 Å². The third-order valence-electron chi connectivity index (χ3n) is 8.43. The van der Waals surface area contributed by atoms with Gasteiger partial charge in [0.1, 0.15) is 5.60 Å². The van der Waals surface area contributed by atoms with Gasteiger partial charge < -0.3 is 14.5 Å². The summed E-state index contributed by atoms with van der Waals surface area (Å²) in [5, 5.41) is 0. The number of fused-ring (bicyclic) bond motifs is 2. The Balaban J connectivity index is 1.17. The molecule has 210 valence electrons. The van der Waals surface area contributed by atoms with Crippen LogP contribution in [0.1, 0.15) is 57.6 Å². The van der Waals surface area contributed by atoms with Crippen molar-refractivity contribution in [2.24, 2.45) is 0 Å². The molecular weight excluding hydrogens is 488 g/mol. The van der Waals surface area contributed by atoms with E-state index >= 15 is 0 Å². The second kappa shape index (κ2) is 12.1. The predicted molar refractivity (Wildman–Crippen MR) is 153 cm³/mol. The SMILES string of the molecule is CC(C)(C)OC(=O)N1CCN(C(=O)CN2C3CCC2CC(N(Cc2ccccc2)Cc2ccccc2)C3)CC1. The van der Waals surface area contributed by atoms with Crippen molar-refractivity contribution in [2.45, 2.75) is 83.3 Å². The molecule has 2 aromatic carbocycles. The zero-order chi connectivity index (χ0) is 27.4. The molecule has 0 aliphatic carbocycles. The molecule has 0 spiro atoms. The molecule has 0 aromatic heterocycles. The summed E-state index contributed by atoms with van der Waals surface area (Å²) >= 11 is 0. The van der Waals surface area contributed by atoms with E-state index in [2.05, 4.69) is 70.5 Å². The highest BCUT2D eigenvalue weighted by Crippen LogP contribution is 2.38. The van der Waals surface area contributed by atoms with Crippen LogP contribution in [-0.2, 0) is 22.6 Å². The van der Waals surface area contributed by atoms with Crippen molar-refractivity contribution in [3.63, 3.8) is 0 Å². The molecule has 39 heavy (non-hydrogen) atoms. The van der Waals surface area contributed by atoms with Gasteiger partial charge in [-0.25, -0.2) is 4.79 Å². The number of rotatable bonds is 7. The van der Waals surface area contributed by atoms with Crippen molar-refractivity contribution < 1.29 is 14.3 Å². The Hall–Kier alpha value is -2.90. The molecule has 2 unspecified atom stereocenters. The van der Waals surface area contributed by atoms with Gasteiger partial charge in [-0.2, -0.15) is 0 Å². The van der Waals surface area contributed by atoms with Gasteiger partial charge in [-0.15, -0.1) is 0 Å². The minimum atomic E-state index is -0.507. The quantitative estimate of drug-likeness (QED) is 0.515. The molecule has 0 radical (unpaired) electrons. The Morgan fingerprint density at radius 1 is 0.795 bits per heavy atom. The molecule has 7 nitrogen and oxygen atoms in total. The molecule has 0 saturated carbocycles. The molecular formula is C32H44N4O3. The van der Waals surface area contributed by atoms with E-state index in [1.807, 2.05) is 25.7 Å². The molecule has 3 aliphatic rings. The zero-order valence-corrected chi connectivity index (χ0v) is 23.8.